The monoisotopic (exact) mass is 1140 g/mol. The maximum absolute atomic E-state index is 12.9. The molecule has 0 N–H and O–H groups in total. The van der Waals surface area contributed by atoms with E-state index in [9.17, 15) is 14.4 Å². The number of hydrogen-bond donors (Lipinski definition) is 0. The van der Waals surface area contributed by atoms with Gasteiger partial charge < -0.3 is 14.2 Å². The Morgan fingerprint density at radius 3 is 0.723 bits per heavy atom. The van der Waals surface area contributed by atoms with Gasteiger partial charge in [-0.2, -0.15) is 0 Å². The van der Waals surface area contributed by atoms with Crippen LogP contribution >= 0.6 is 0 Å². The van der Waals surface area contributed by atoms with E-state index in [1.54, 1.807) is 0 Å². The quantitative estimate of drug-likeness (QED) is 0.0261. The van der Waals surface area contributed by atoms with E-state index in [-0.39, 0.29) is 37.5 Å². The van der Waals surface area contributed by atoms with E-state index in [0.29, 0.717) is 19.3 Å². The molecule has 0 aromatic heterocycles. The highest BCUT2D eigenvalue weighted by molar-refractivity contribution is 5.71. The fraction of sp³-hybridized carbons (Fsp3) is 0.597. The average Bonchev–Trinajstić information content (AvgIpc) is 3.49. The lowest BCUT2D eigenvalue weighted by atomic mass is 10.0. The fourth-order valence-electron chi connectivity index (χ4n) is 8.79. The van der Waals surface area contributed by atoms with Crippen LogP contribution in [0.5, 0.6) is 0 Å². The molecule has 466 valence electrons. The normalized spacial score (nSPS) is 13.2. The summed E-state index contributed by atoms with van der Waals surface area (Å²) >= 11 is 0. The predicted octanol–water partition coefficient (Wildman–Crippen LogP) is 23.4. The number of carbonyl (C=O) groups excluding carboxylic acids is 3. The van der Waals surface area contributed by atoms with Crippen molar-refractivity contribution in [2.24, 2.45) is 0 Å². The first-order valence-electron chi connectivity index (χ1n) is 33.6. The molecule has 0 spiro atoms. The molecule has 0 amide bonds. The van der Waals surface area contributed by atoms with Crippen LogP contribution in [0.25, 0.3) is 0 Å². The molecule has 1 atom stereocenters. The summed E-state index contributed by atoms with van der Waals surface area (Å²) in [6.07, 6.45) is 102. The second-order valence-corrected chi connectivity index (χ2v) is 21.6. The number of ether oxygens (including phenoxy) is 3. The molecule has 0 radical (unpaired) electrons. The van der Waals surface area contributed by atoms with Crippen LogP contribution < -0.4 is 0 Å². The zero-order chi connectivity index (χ0) is 59.9. The molecule has 0 bridgehead atoms. The Bertz CT molecular complexity index is 1890. The van der Waals surface area contributed by atoms with Gasteiger partial charge in [0, 0.05) is 19.3 Å². The first-order chi connectivity index (χ1) is 41.0. The van der Waals surface area contributed by atoms with Gasteiger partial charge in [-0.25, -0.2) is 0 Å². The van der Waals surface area contributed by atoms with Gasteiger partial charge in [-0.1, -0.05) is 287 Å². The lowest BCUT2D eigenvalue weighted by Crippen LogP contribution is -2.30. The minimum atomic E-state index is -0.820. The van der Waals surface area contributed by atoms with E-state index in [2.05, 4.69) is 191 Å². The minimum Gasteiger partial charge on any atom is -0.462 e. The van der Waals surface area contributed by atoms with Gasteiger partial charge in [-0.15, -0.1) is 0 Å². The molecule has 0 heterocycles. The molecule has 1 unspecified atom stereocenters. The Balaban J connectivity index is 4.42. The van der Waals surface area contributed by atoms with Gasteiger partial charge in [-0.05, 0) is 141 Å². The van der Waals surface area contributed by atoms with Crippen molar-refractivity contribution in [1.82, 2.24) is 0 Å². The highest BCUT2D eigenvalue weighted by Gasteiger charge is 2.19. The summed E-state index contributed by atoms with van der Waals surface area (Å²) in [6, 6.07) is 0. The standard InChI is InChI=1S/C77H122O6/c1-4-7-10-13-16-19-22-25-28-31-33-34-35-36-37-38-39-40-41-42-44-46-49-52-55-58-61-64-67-70-76(79)82-73-74(72-81-75(78)69-66-63-60-57-54-51-48-45-30-27-24-21-18-15-12-9-6-3)83-77(80)71-68-65-62-59-56-53-50-47-43-32-29-26-23-20-17-14-11-8-5-2/h7-12,16-21,25-30,33-34,36-37,43,47-48,51,57,60,74H,4-6,13-15,22-24,31-32,35,38-42,44-46,49-50,52-56,58-59,61-73H2,1-3H3/b10-7-,11-8-,12-9-,19-16-,20-17-,21-18-,28-25-,29-26-,30-27-,34-33-,37-36-,47-43-,51-48-,60-57-. The van der Waals surface area contributed by atoms with E-state index in [0.717, 1.165) is 148 Å². The van der Waals surface area contributed by atoms with E-state index in [1.165, 1.54) is 83.5 Å². The van der Waals surface area contributed by atoms with Gasteiger partial charge in [0.1, 0.15) is 13.2 Å². The highest BCUT2D eigenvalue weighted by atomic mass is 16.6. The van der Waals surface area contributed by atoms with Crippen LogP contribution in [0.3, 0.4) is 0 Å². The third-order valence-corrected chi connectivity index (χ3v) is 13.7. The SMILES string of the molecule is CC/C=C\C/C=C\C/C=C\C/C=C\C/C=C\CCCCCCCCCCCCCCCC(=O)OCC(COC(=O)CCC/C=C\C/C=C\C/C=C\C/C=C\C/C=C\CC)OC(=O)CCCCCCCC/C=C\C/C=C\C/C=C\C/C=C\CC. The van der Waals surface area contributed by atoms with E-state index in [4.69, 9.17) is 14.2 Å². The Morgan fingerprint density at radius 2 is 0.446 bits per heavy atom. The number of allylic oxidation sites excluding steroid dienone is 28. The summed E-state index contributed by atoms with van der Waals surface area (Å²) in [6.45, 7) is 6.24. The maximum Gasteiger partial charge on any atom is 0.306 e. The fourth-order valence-corrected chi connectivity index (χ4v) is 8.79. The summed E-state index contributed by atoms with van der Waals surface area (Å²) < 4.78 is 16.9. The van der Waals surface area contributed by atoms with Crippen molar-refractivity contribution in [2.75, 3.05) is 13.2 Å². The minimum absolute atomic E-state index is 0.109. The first-order valence-corrected chi connectivity index (χ1v) is 33.6. The summed E-state index contributed by atoms with van der Waals surface area (Å²) in [5, 5.41) is 0. The summed E-state index contributed by atoms with van der Waals surface area (Å²) in [5.41, 5.74) is 0. The van der Waals surface area contributed by atoms with Crippen molar-refractivity contribution in [3.05, 3.63) is 170 Å². The molecule has 0 aromatic rings. The van der Waals surface area contributed by atoms with Gasteiger partial charge >= 0.3 is 17.9 Å². The maximum atomic E-state index is 12.9. The van der Waals surface area contributed by atoms with Gasteiger partial charge in [0.05, 0.1) is 0 Å². The smallest absolute Gasteiger partial charge is 0.306 e. The molecule has 6 nitrogen and oxygen atoms in total. The van der Waals surface area contributed by atoms with Crippen molar-refractivity contribution in [3.63, 3.8) is 0 Å². The first kappa shape index (κ1) is 77.8. The van der Waals surface area contributed by atoms with Crippen molar-refractivity contribution < 1.29 is 28.6 Å². The molecule has 0 aliphatic carbocycles. The lowest BCUT2D eigenvalue weighted by molar-refractivity contribution is -0.167. The van der Waals surface area contributed by atoms with Crippen molar-refractivity contribution in [3.8, 4) is 0 Å². The van der Waals surface area contributed by atoms with Crippen LogP contribution in [0.15, 0.2) is 170 Å². The van der Waals surface area contributed by atoms with Crippen LogP contribution in [0.1, 0.15) is 278 Å². The second kappa shape index (κ2) is 69.3. The molecule has 0 aliphatic rings. The van der Waals surface area contributed by atoms with Gasteiger partial charge in [0.15, 0.2) is 6.10 Å². The lowest BCUT2D eigenvalue weighted by Gasteiger charge is -2.18. The van der Waals surface area contributed by atoms with E-state index >= 15 is 0 Å². The molecule has 0 rings (SSSR count). The summed E-state index contributed by atoms with van der Waals surface area (Å²) in [5.74, 6) is -0.986. The molecule has 6 heteroatoms. The predicted molar refractivity (Wildman–Crippen MR) is 361 cm³/mol. The Morgan fingerprint density at radius 1 is 0.241 bits per heavy atom. The van der Waals surface area contributed by atoms with Gasteiger partial charge in [-0.3, -0.25) is 14.4 Å². The Kier molecular flexibility index (Phi) is 64.9. The van der Waals surface area contributed by atoms with Crippen LogP contribution in [-0.2, 0) is 28.6 Å². The van der Waals surface area contributed by atoms with Crippen LogP contribution in [0.2, 0.25) is 0 Å². The number of esters is 3. The number of rotatable bonds is 59. The van der Waals surface area contributed by atoms with Crippen LogP contribution in [-0.4, -0.2) is 37.2 Å². The van der Waals surface area contributed by atoms with Gasteiger partial charge in [0.25, 0.3) is 0 Å². The van der Waals surface area contributed by atoms with Crippen molar-refractivity contribution in [1.29, 1.82) is 0 Å². The molecular weight excluding hydrogens is 1020 g/mol. The summed E-state index contributed by atoms with van der Waals surface area (Å²) in [4.78, 5) is 38.4. The molecule has 83 heavy (non-hydrogen) atoms. The average molecular weight is 1140 g/mol. The highest BCUT2D eigenvalue weighted by Crippen LogP contribution is 2.15. The molecule has 0 fully saturated rings. The molecule has 0 aliphatic heterocycles. The van der Waals surface area contributed by atoms with Crippen molar-refractivity contribution in [2.45, 2.75) is 284 Å². The third-order valence-electron chi connectivity index (χ3n) is 13.7. The third kappa shape index (κ3) is 67.4. The zero-order valence-electron chi connectivity index (χ0n) is 53.4. The summed E-state index contributed by atoms with van der Waals surface area (Å²) in [7, 11) is 0. The van der Waals surface area contributed by atoms with E-state index in [1.807, 2.05) is 0 Å². The zero-order valence-corrected chi connectivity index (χ0v) is 53.4. The second-order valence-electron chi connectivity index (χ2n) is 21.6. The topological polar surface area (TPSA) is 78.9 Å². The number of unbranched alkanes of at least 4 members (excludes halogenated alkanes) is 20. The van der Waals surface area contributed by atoms with Gasteiger partial charge in [0.2, 0.25) is 0 Å². The Labute approximate surface area is 511 Å². The molecule has 0 saturated heterocycles. The van der Waals surface area contributed by atoms with E-state index < -0.39 is 6.10 Å². The number of carbonyl (C=O) groups is 3. The van der Waals surface area contributed by atoms with Crippen LogP contribution in [0, 0.1) is 0 Å². The molecule has 0 saturated carbocycles. The Hall–Kier alpha value is -5.23. The van der Waals surface area contributed by atoms with Crippen LogP contribution in [0.4, 0.5) is 0 Å². The molecular formula is C77H122O6. The largest absolute Gasteiger partial charge is 0.462 e. The molecule has 0 aromatic carbocycles. The van der Waals surface area contributed by atoms with Crippen molar-refractivity contribution >= 4 is 17.9 Å². The number of hydrogen-bond acceptors (Lipinski definition) is 6.